The summed E-state index contributed by atoms with van der Waals surface area (Å²) in [6.07, 6.45) is 0. The van der Waals surface area contributed by atoms with Gasteiger partial charge in [-0.3, -0.25) is 9.69 Å². The van der Waals surface area contributed by atoms with Gasteiger partial charge in [0.25, 0.3) is 5.91 Å². The molecule has 2 aromatic rings. The predicted molar refractivity (Wildman–Crippen MR) is 89.2 cm³/mol. The third kappa shape index (κ3) is 3.76. The number of hydrogen-bond donors (Lipinski definition) is 0. The molecule has 0 aliphatic carbocycles. The van der Waals surface area contributed by atoms with E-state index < -0.39 is 0 Å². The zero-order valence-corrected chi connectivity index (χ0v) is 14.2. The molecule has 0 unspecified atom stereocenters. The Balaban J connectivity index is 1.57. The molecule has 6 heteroatoms. The van der Waals surface area contributed by atoms with Gasteiger partial charge in [-0.25, -0.2) is 9.37 Å². The maximum absolute atomic E-state index is 13.6. The van der Waals surface area contributed by atoms with Crippen LogP contribution in [0, 0.1) is 19.7 Å². The number of carbonyl (C=O) groups is 1. The summed E-state index contributed by atoms with van der Waals surface area (Å²) in [7, 11) is 0. The lowest BCUT2D eigenvalue weighted by Gasteiger charge is -2.34. The van der Waals surface area contributed by atoms with Crippen molar-refractivity contribution in [1.82, 2.24) is 14.8 Å². The lowest BCUT2D eigenvalue weighted by atomic mass is 10.1. The number of rotatable bonds is 3. The predicted octanol–water partition coefficient (Wildman–Crippen LogP) is 2.86. The molecule has 3 rings (SSSR count). The summed E-state index contributed by atoms with van der Waals surface area (Å²) in [6, 6.07) is 4.69. The molecule has 0 N–H and O–H groups in total. The second kappa shape index (κ2) is 6.76. The van der Waals surface area contributed by atoms with E-state index in [-0.39, 0.29) is 11.7 Å². The summed E-state index contributed by atoms with van der Waals surface area (Å²) in [5.41, 5.74) is 2.08. The average molecular weight is 333 g/mol. The van der Waals surface area contributed by atoms with Crippen molar-refractivity contribution >= 4 is 17.2 Å². The maximum Gasteiger partial charge on any atom is 0.254 e. The van der Waals surface area contributed by atoms with Crippen molar-refractivity contribution in [3.05, 3.63) is 51.2 Å². The molecule has 1 aliphatic heterocycles. The third-order valence-electron chi connectivity index (χ3n) is 4.13. The number of nitrogens with zero attached hydrogens (tertiary/aromatic N) is 3. The molecule has 1 amide bonds. The highest BCUT2D eigenvalue weighted by molar-refractivity contribution is 7.09. The lowest BCUT2D eigenvalue weighted by Crippen LogP contribution is -2.48. The van der Waals surface area contributed by atoms with Gasteiger partial charge in [-0.15, -0.1) is 11.3 Å². The monoisotopic (exact) mass is 333 g/mol. The number of piperazine rings is 1. The highest BCUT2D eigenvalue weighted by Crippen LogP contribution is 2.15. The fourth-order valence-corrected chi connectivity index (χ4v) is 3.33. The Morgan fingerprint density at radius 2 is 2.00 bits per heavy atom. The van der Waals surface area contributed by atoms with Gasteiger partial charge in [0.1, 0.15) is 5.82 Å². The average Bonchev–Trinajstić information content (AvgIpc) is 2.95. The maximum atomic E-state index is 13.6. The van der Waals surface area contributed by atoms with Crippen LogP contribution < -0.4 is 0 Å². The number of aryl methyl sites for hydroxylation is 2. The molecule has 0 bridgehead atoms. The Morgan fingerprint density at radius 3 is 2.61 bits per heavy atom. The van der Waals surface area contributed by atoms with Gasteiger partial charge < -0.3 is 4.90 Å². The van der Waals surface area contributed by atoms with Crippen LogP contribution in [0.1, 0.15) is 26.6 Å². The van der Waals surface area contributed by atoms with Gasteiger partial charge in [0.15, 0.2) is 0 Å². The topological polar surface area (TPSA) is 36.4 Å². The van der Waals surface area contributed by atoms with Crippen molar-refractivity contribution in [2.24, 2.45) is 0 Å². The van der Waals surface area contributed by atoms with Crippen molar-refractivity contribution < 1.29 is 9.18 Å². The number of thiazole rings is 1. The zero-order valence-electron chi connectivity index (χ0n) is 13.4. The number of aromatic nitrogens is 1. The normalized spacial score (nSPS) is 15.9. The lowest BCUT2D eigenvalue weighted by molar-refractivity contribution is 0.0627. The fraction of sp³-hybridized carbons (Fsp3) is 0.412. The minimum absolute atomic E-state index is 0.0898. The van der Waals surface area contributed by atoms with Crippen LogP contribution in [0.15, 0.2) is 23.6 Å². The molecule has 1 aromatic carbocycles. The quantitative estimate of drug-likeness (QED) is 0.867. The Morgan fingerprint density at radius 1 is 1.26 bits per heavy atom. The second-order valence-electron chi connectivity index (χ2n) is 5.89. The third-order valence-corrected chi connectivity index (χ3v) is 4.95. The number of amides is 1. The fourth-order valence-electron chi connectivity index (χ4n) is 2.73. The van der Waals surface area contributed by atoms with Crippen LogP contribution in [0.5, 0.6) is 0 Å². The smallest absolute Gasteiger partial charge is 0.254 e. The molecule has 122 valence electrons. The summed E-state index contributed by atoms with van der Waals surface area (Å²) in [5, 5.41) is 3.16. The van der Waals surface area contributed by atoms with Gasteiger partial charge in [0.05, 0.1) is 10.7 Å². The van der Waals surface area contributed by atoms with Gasteiger partial charge in [-0.2, -0.15) is 0 Å². The van der Waals surface area contributed by atoms with Crippen LogP contribution in [0.2, 0.25) is 0 Å². The summed E-state index contributed by atoms with van der Waals surface area (Å²) in [6.45, 7) is 7.49. The van der Waals surface area contributed by atoms with Crippen LogP contribution in [-0.2, 0) is 6.54 Å². The van der Waals surface area contributed by atoms with Crippen LogP contribution in [0.25, 0.3) is 0 Å². The van der Waals surface area contributed by atoms with Gasteiger partial charge >= 0.3 is 0 Å². The second-order valence-corrected chi connectivity index (χ2v) is 6.95. The Bertz CT molecular complexity index is 708. The van der Waals surface area contributed by atoms with E-state index in [1.54, 1.807) is 35.3 Å². The Labute approximate surface area is 139 Å². The molecular formula is C17H20FN3OS. The summed E-state index contributed by atoms with van der Waals surface area (Å²) in [4.78, 5) is 21.0. The van der Waals surface area contributed by atoms with Crippen molar-refractivity contribution in [1.29, 1.82) is 0 Å². The van der Waals surface area contributed by atoms with Crippen molar-refractivity contribution in [2.75, 3.05) is 26.2 Å². The van der Waals surface area contributed by atoms with E-state index in [0.717, 1.165) is 30.3 Å². The van der Waals surface area contributed by atoms with Crippen molar-refractivity contribution in [3.8, 4) is 0 Å². The molecule has 0 radical (unpaired) electrons. The molecule has 1 saturated heterocycles. The van der Waals surface area contributed by atoms with Crippen molar-refractivity contribution in [3.63, 3.8) is 0 Å². The van der Waals surface area contributed by atoms with E-state index in [1.165, 1.54) is 6.07 Å². The van der Waals surface area contributed by atoms with E-state index in [9.17, 15) is 9.18 Å². The van der Waals surface area contributed by atoms with Gasteiger partial charge in [-0.1, -0.05) is 6.07 Å². The largest absolute Gasteiger partial charge is 0.336 e. The number of benzene rings is 1. The van der Waals surface area contributed by atoms with Crippen LogP contribution in [0.4, 0.5) is 4.39 Å². The van der Waals surface area contributed by atoms with E-state index in [2.05, 4.69) is 15.3 Å². The minimum atomic E-state index is -0.326. The SMILES string of the molecule is Cc1nc(CN2CCN(C(=O)c3ccc(C)c(F)c3)CC2)cs1. The molecule has 0 saturated carbocycles. The molecule has 23 heavy (non-hydrogen) atoms. The molecular weight excluding hydrogens is 313 g/mol. The molecule has 4 nitrogen and oxygen atoms in total. The highest BCUT2D eigenvalue weighted by Gasteiger charge is 2.23. The molecule has 1 aromatic heterocycles. The molecule has 2 heterocycles. The first-order valence-corrected chi connectivity index (χ1v) is 8.59. The van der Waals surface area contributed by atoms with Crippen LogP contribution in [0.3, 0.4) is 0 Å². The number of carbonyl (C=O) groups excluding carboxylic acids is 1. The van der Waals surface area contributed by atoms with Gasteiger partial charge in [0.2, 0.25) is 0 Å². The summed E-state index contributed by atoms with van der Waals surface area (Å²) in [5.74, 6) is -0.415. The first-order chi connectivity index (χ1) is 11.0. The first-order valence-electron chi connectivity index (χ1n) is 7.72. The standard InChI is InChI=1S/C17H20FN3OS/c1-12-3-4-14(9-16(12)18)17(22)21-7-5-20(6-8-21)10-15-11-23-13(2)19-15/h3-4,9,11H,5-8,10H2,1-2H3. The number of hydrogen-bond acceptors (Lipinski definition) is 4. The Kier molecular flexibility index (Phi) is 4.73. The van der Waals surface area contributed by atoms with E-state index in [1.807, 2.05) is 6.92 Å². The zero-order chi connectivity index (χ0) is 16.4. The van der Waals surface area contributed by atoms with Crippen LogP contribution in [-0.4, -0.2) is 46.9 Å². The Hall–Kier alpha value is -1.79. The molecule has 1 fully saturated rings. The van der Waals surface area contributed by atoms with E-state index >= 15 is 0 Å². The molecule has 1 aliphatic rings. The van der Waals surface area contributed by atoms with E-state index in [4.69, 9.17) is 0 Å². The summed E-state index contributed by atoms with van der Waals surface area (Å²) < 4.78 is 13.6. The highest BCUT2D eigenvalue weighted by atomic mass is 32.1. The number of halogens is 1. The van der Waals surface area contributed by atoms with Crippen molar-refractivity contribution in [2.45, 2.75) is 20.4 Å². The van der Waals surface area contributed by atoms with Crippen LogP contribution >= 0.6 is 11.3 Å². The van der Waals surface area contributed by atoms with E-state index in [0.29, 0.717) is 24.2 Å². The summed E-state index contributed by atoms with van der Waals surface area (Å²) >= 11 is 1.66. The molecule has 0 spiro atoms. The molecule has 0 atom stereocenters. The first kappa shape index (κ1) is 16.1. The minimum Gasteiger partial charge on any atom is -0.336 e. The van der Waals surface area contributed by atoms with Gasteiger partial charge in [0, 0.05) is 43.7 Å². The van der Waals surface area contributed by atoms with Gasteiger partial charge in [-0.05, 0) is 31.5 Å².